The largest absolute Gasteiger partial charge is 0.378 e. The van der Waals surface area contributed by atoms with Crippen LogP contribution >= 0.6 is 0 Å². The highest BCUT2D eigenvalue weighted by atomic mass is 15.1. The van der Waals surface area contributed by atoms with Crippen molar-refractivity contribution in [3.63, 3.8) is 0 Å². The molecule has 0 radical (unpaired) electrons. The molecule has 1 N–H and O–H groups in total. The fourth-order valence-corrected chi connectivity index (χ4v) is 6.20. The van der Waals surface area contributed by atoms with Crippen molar-refractivity contribution in [3.05, 3.63) is 96.2 Å². The maximum absolute atomic E-state index is 5.38. The standard InChI is InChI=1S/C36H46N4/c1-4-5-25-40-34(35(30-17-11-7-12-18-30)38-36(40)31-19-13-8-14-20-31)26-33(29-15-9-6-10-16-29)37-27-28-21-23-32(24-22-28)39(2)3/h7-8,11-14,17-24,29,33,37H,4-6,9-10,15-16,25-27H2,1-3H3. The fraction of sp³-hybridized carbons (Fsp3) is 0.417. The van der Waals surface area contributed by atoms with E-state index in [-0.39, 0.29) is 0 Å². The maximum atomic E-state index is 5.38. The summed E-state index contributed by atoms with van der Waals surface area (Å²) in [5.74, 6) is 1.79. The van der Waals surface area contributed by atoms with Crippen LogP contribution < -0.4 is 10.2 Å². The van der Waals surface area contributed by atoms with E-state index in [9.17, 15) is 0 Å². The Kier molecular flexibility index (Phi) is 9.72. The molecular weight excluding hydrogens is 488 g/mol. The Labute approximate surface area is 241 Å². The third-order valence-corrected chi connectivity index (χ3v) is 8.54. The Morgan fingerprint density at radius 2 is 1.50 bits per heavy atom. The minimum atomic E-state index is 0.414. The first-order valence-electron chi connectivity index (χ1n) is 15.3. The van der Waals surface area contributed by atoms with Crippen molar-refractivity contribution < 1.29 is 0 Å². The number of hydrogen-bond acceptors (Lipinski definition) is 3. The summed E-state index contributed by atoms with van der Waals surface area (Å²) in [6.07, 6.45) is 9.99. The second kappa shape index (κ2) is 13.8. The summed E-state index contributed by atoms with van der Waals surface area (Å²) in [5, 5.41) is 4.06. The van der Waals surface area contributed by atoms with Gasteiger partial charge in [-0.3, -0.25) is 0 Å². The number of nitrogens with one attached hydrogen (secondary N) is 1. The lowest BCUT2D eigenvalue weighted by molar-refractivity contribution is 0.263. The summed E-state index contributed by atoms with van der Waals surface area (Å²) in [6.45, 7) is 4.17. The number of anilines is 1. The molecule has 1 unspecified atom stereocenters. The normalized spacial score (nSPS) is 14.8. The first-order valence-corrected chi connectivity index (χ1v) is 15.3. The van der Waals surface area contributed by atoms with Crippen LogP contribution in [0.15, 0.2) is 84.9 Å². The van der Waals surface area contributed by atoms with Crippen LogP contribution in [0, 0.1) is 5.92 Å². The monoisotopic (exact) mass is 534 g/mol. The summed E-state index contributed by atoms with van der Waals surface area (Å²) in [6, 6.07) is 31.0. The highest BCUT2D eigenvalue weighted by Gasteiger charge is 2.28. The minimum absolute atomic E-state index is 0.414. The Morgan fingerprint density at radius 3 is 2.12 bits per heavy atom. The van der Waals surface area contributed by atoms with Gasteiger partial charge in [-0.15, -0.1) is 0 Å². The molecule has 4 nitrogen and oxygen atoms in total. The number of unbranched alkanes of at least 4 members (excludes halogenated alkanes) is 1. The number of nitrogens with zero attached hydrogens (tertiary/aromatic N) is 3. The molecule has 0 bridgehead atoms. The van der Waals surface area contributed by atoms with Crippen molar-refractivity contribution in [3.8, 4) is 22.6 Å². The van der Waals surface area contributed by atoms with Gasteiger partial charge in [0, 0.05) is 62.2 Å². The molecule has 1 saturated carbocycles. The average Bonchev–Trinajstić information content (AvgIpc) is 3.37. The predicted octanol–water partition coefficient (Wildman–Crippen LogP) is 8.36. The number of benzene rings is 3. The quantitative estimate of drug-likeness (QED) is 0.198. The van der Waals surface area contributed by atoms with Gasteiger partial charge in [-0.05, 0) is 42.9 Å². The molecule has 0 saturated heterocycles. The molecule has 0 spiro atoms. The number of hydrogen-bond donors (Lipinski definition) is 1. The van der Waals surface area contributed by atoms with E-state index in [4.69, 9.17) is 4.98 Å². The third-order valence-electron chi connectivity index (χ3n) is 8.54. The second-order valence-corrected chi connectivity index (χ2v) is 11.6. The van der Waals surface area contributed by atoms with Crippen LogP contribution in [0.2, 0.25) is 0 Å². The van der Waals surface area contributed by atoms with E-state index >= 15 is 0 Å². The molecule has 0 aliphatic heterocycles. The molecule has 1 fully saturated rings. The van der Waals surface area contributed by atoms with Gasteiger partial charge in [0.2, 0.25) is 0 Å². The molecule has 4 heteroatoms. The first kappa shape index (κ1) is 28.2. The van der Waals surface area contributed by atoms with Gasteiger partial charge in [0.1, 0.15) is 5.82 Å². The van der Waals surface area contributed by atoms with Gasteiger partial charge in [0.05, 0.1) is 5.69 Å². The summed E-state index contributed by atoms with van der Waals surface area (Å²) in [7, 11) is 4.20. The molecular formula is C36H46N4. The summed E-state index contributed by atoms with van der Waals surface area (Å²) in [5.41, 5.74) is 7.53. The lowest BCUT2D eigenvalue weighted by atomic mass is 9.81. The van der Waals surface area contributed by atoms with Crippen LogP contribution in [-0.4, -0.2) is 29.7 Å². The Bertz CT molecular complexity index is 1300. The topological polar surface area (TPSA) is 33.1 Å². The van der Waals surface area contributed by atoms with E-state index in [2.05, 4.69) is 121 Å². The lowest BCUT2D eigenvalue weighted by Crippen LogP contribution is -2.39. The van der Waals surface area contributed by atoms with Gasteiger partial charge in [-0.25, -0.2) is 4.98 Å². The van der Waals surface area contributed by atoms with Crippen molar-refractivity contribution in [1.82, 2.24) is 14.9 Å². The smallest absolute Gasteiger partial charge is 0.140 e. The fourth-order valence-electron chi connectivity index (χ4n) is 6.20. The predicted molar refractivity (Wildman–Crippen MR) is 170 cm³/mol. The molecule has 1 heterocycles. The number of aromatic nitrogens is 2. The second-order valence-electron chi connectivity index (χ2n) is 11.6. The molecule has 1 atom stereocenters. The molecule has 1 aliphatic rings. The van der Waals surface area contributed by atoms with Crippen molar-refractivity contribution in [2.45, 2.75) is 77.4 Å². The average molecular weight is 535 g/mol. The van der Waals surface area contributed by atoms with Gasteiger partial charge < -0.3 is 14.8 Å². The van der Waals surface area contributed by atoms with E-state index in [0.717, 1.165) is 37.4 Å². The zero-order valence-corrected chi connectivity index (χ0v) is 24.7. The van der Waals surface area contributed by atoms with E-state index in [1.807, 2.05) is 0 Å². The van der Waals surface area contributed by atoms with E-state index in [0.29, 0.717) is 12.0 Å². The molecule has 210 valence electrons. The van der Waals surface area contributed by atoms with E-state index < -0.39 is 0 Å². The van der Waals surface area contributed by atoms with Crippen molar-refractivity contribution >= 4 is 5.69 Å². The molecule has 5 rings (SSSR count). The third kappa shape index (κ3) is 6.85. The van der Waals surface area contributed by atoms with Crippen molar-refractivity contribution in [1.29, 1.82) is 0 Å². The molecule has 1 aliphatic carbocycles. The van der Waals surface area contributed by atoms with Gasteiger partial charge >= 0.3 is 0 Å². The van der Waals surface area contributed by atoms with E-state index in [1.165, 1.54) is 66.6 Å². The zero-order chi connectivity index (χ0) is 27.7. The van der Waals surface area contributed by atoms with Crippen LogP contribution in [-0.2, 0) is 19.5 Å². The molecule has 3 aromatic carbocycles. The van der Waals surface area contributed by atoms with Crippen LogP contribution in [0.25, 0.3) is 22.6 Å². The first-order chi connectivity index (χ1) is 19.6. The van der Waals surface area contributed by atoms with Crippen molar-refractivity contribution in [2.24, 2.45) is 5.92 Å². The van der Waals surface area contributed by atoms with Crippen LogP contribution in [0.4, 0.5) is 5.69 Å². The van der Waals surface area contributed by atoms with Gasteiger partial charge in [0.15, 0.2) is 0 Å². The summed E-state index contributed by atoms with van der Waals surface area (Å²) < 4.78 is 2.55. The van der Waals surface area contributed by atoms with Gasteiger partial charge in [-0.2, -0.15) is 0 Å². The Hall–Kier alpha value is -3.37. The SMILES string of the molecule is CCCCn1c(-c2ccccc2)nc(-c2ccccc2)c1CC(NCc1ccc(N(C)C)cc1)C1CCCCC1. The van der Waals surface area contributed by atoms with Crippen LogP contribution in [0.1, 0.15) is 63.1 Å². The van der Waals surface area contributed by atoms with Crippen LogP contribution in [0.5, 0.6) is 0 Å². The highest BCUT2D eigenvalue weighted by Crippen LogP contribution is 2.34. The minimum Gasteiger partial charge on any atom is -0.378 e. The van der Waals surface area contributed by atoms with Gasteiger partial charge in [0.25, 0.3) is 0 Å². The summed E-state index contributed by atoms with van der Waals surface area (Å²) in [4.78, 5) is 7.54. The summed E-state index contributed by atoms with van der Waals surface area (Å²) >= 11 is 0. The Balaban J connectivity index is 1.52. The molecule has 40 heavy (non-hydrogen) atoms. The molecule has 1 aromatic heterocycles. The van der Waals surface area contributed by atoms with Crippen LogP contribution in [0.3, 0.4) is 0 Å². The Morgan fingerprint density at radius 1 is 0.850 bits per heavy atom. The lowest BCUT2D eigenvalue weighted by Gasteiger charge is -2.32. The highest BCUT2D eigenvalue weighted by molar-refractivity contribution is 5.68. The maximum Gasteiger partial charge on any atom is 0.140 e. The van der Waals surface area contributed by atoms with Gasteiger partial charge in [-0.1, -0.05) is 105 Å². The molecule has 4 aromatic rings. The van der Waals surface area contributed by atoms with E-state index in [1.54, 1.807) is 0 Å². The number of imidazole rings is 1. The molecule has 0 amide bonds. The number of rotatable bonds is 12. The van der Waals surface area contributed by atoms with Crippen molar-refractivity contribution in [2.75, 3.05) is 19.0 Å². The zero-order valence-electron chi connectivity index (χ0n) is 24.7.